The number of aromatic hydroxyl groups is 1. The van der Waals surface area contributed by atoms with E-state index in [0.717, 1.165) is 35.7 Å². The molecule has 102 valence electrons. The van der Waals surface area contributed by atoms with Crippen LogP contribution >= 0.6 is 15.9 Å². The summed E-state index contributed by atoms with van der Waals surface area (Å²) in [6.45, 7) is 1.97. The van der Waals surface area contributed by atoms with E-state index < -0.39 is 11.4 Å². The zero-order valence-electron chi connectivity index (χ0n) is 10.9. The Bertz CT molecular complexity index is 573. The number of hydrogen-bond donors (Lipinski definition) is 2. The van der Waals surface area contributed by atoms with Crippen molar-refractivity contribution in [3.05, 3.63) is 26.7 Å². The molecule has 0 aromatic heterocycles. The number of phenolic OH excluding ortho intramolecular Hbond substituents is 1. The van der Waals surface area contributed by atoms with Gasteiger partial charge in [0.2, 0.25) is 0 Å². The second kappa shape index (κ2) is 4.23. The molecular formula is C15H17BrO3. The average molecular weight is 325 g/mol. The van der Waals surface area contributed by atoms with Crippen molar-refractivity contribution in [2.45, 2.75) is 50.9 Å². The maximum absolute atomic E-state index is 11.5. The van der Waals surface area contributed by atoms with Gasteiger partial charge in [0.15, 0.2) is 0 Å². The van der Waals surface area contributed by atoms with E-state index in [-0.39, 0.29) is 5.75 Å². The van der Waals surface area contributed by atoms with E-state index >= 15 is 0 Å². The molecule has 0 spiro atoms. The van der Waals surface area contributed by atoms with Crippen LogP contribution in [-0.2, 0) is 23.1 Å². The summed E-state index contributed by atoms with van der Waals surface area (Å²) in [5, 5.41) is 19.9. The zero-order chi connectivity index (χ0) is 13.8. The molecule has 0 radical (unpaired) electrons. The molecule has 0 atom stereocenters. The monoisotopic (exact) mass is 324 g/mol. The van der Waals surface area contributed by atoms with Crippen molar-refractivity contribution in [2.24, 2.45) is 0 Å². The number of rotatable bonds is 2. The van der Waals surface area contributed by atoms with Crippen molar-refractivity contribution in [1.82, 2.24) is 0 Å². The molecule has 1 aromatic rings. The lowest BCUT2D eigenvalue weighted by molar-refractivity contribution is -0.140. The third-order valence-corrected chi connectivity index (χ3v) is 5.50. The van der Waals surface area contributed by atoms with Crippen molar-refractivity contribution in [3.8, 4) is 5.75 Å². The Kier molecular flexibility index (Phi) is 2.89. The van der Waals surface area contributed by atoms with Crippen LogP contribution in [0.4, 0.5) is 0 Å². The van der Waals surface area contributed by atoms with Crippen LogP contribution in [0.5, 0.6) is 5.75 Å². The van der Waals surface area contributed by atoms with Gasteiger partial charge in [0.25, 0.3) is 0 Å². The molecule has 0 aliphatic heterocycles. The number of halogens is 1. The number of carbonyl (C=O) groups is 1. The van der Waals surface area contributed by atoms with Gasteiger partial charge in [-0.1, -0.05) is 0 Å². The fraction of sp³-hybridized carbons (Fsp3) is 0.533. The maximum Gasteiger partial charge on any atom is 0.314 e. The van der Waals surface area contributed by atoms with Gasteiger partial charge in [-0.2, -0.15) is 0 Å². The molecule has 1 fully saturated rings. The van der Waals surface area contributed by atoms with E-state index in [2.05, 4.69) is 15.9 Å². The Balaban J connectivity index is 2.26. The molecular weight excluding hydrogens is 308 g/mol. The summed E-state index contributed by atoms with van der Waals surface area (Å²) in [5.74, 6) is -0.661. The van der Waals surface area contributed by atoms with Crippen LogP contribution in [0.25, 0.3) is 0 Å². The van der Waals surface area contributed by atoms with Crippen molar-refractivity contribution >= 4 is 21.9 Å². The molecule has 3 rings (SSSR count). The maximum atomic E-state index is 11.5. The molecule has 4 heteroatoms. The highest BCUT2D eigenvalue weighted by Crippen LogP contribution is 2.55. The Hall–Kier alpha value is -1.03. The van der Waals surface area contributed by atoms with Gasteiger partial charge in [0.1, 0.15) is 5.75 Å². The van der Waals surface area contributed by atoms with Gasteiger partial charge < -0.3 is 10.2 Å². The molecule has 0 amide bonds. The van der Waals surface area contributed by atoms with Gasteiger partial charge in [0.05, 0.1) is 9.89 Å². The predicted octanol–water partition coefficient (Wildman–Crippen LogP) is 3.46. The highest BCUT2D eigenvalue weighted by atomic mass is 79.9. The van der Waals surface area contributed by atoms with E-state index in [1.807, 2.05) is 6.92 Å². The van der Waals surface area contributed by atoms with E-state index in [4.69, 9.17) is 0 Å². The Morgan fingerprint density at radius 2 is 1.79 bits per heavy atom. The first-order chi connectivity index (χ1) is 8.99. The van der Waals surface area contributed by atoms with Crippen LogP contribution in [0.3, 0.4) is 0 Å². The average Bonchev–Trinajstić information content (AvgIpc) is 3.18. The molecule has 19 heavy (non-hydrogen) atoms. The minimum Gasteiger partial charge on any atom is -0.506 e. The second-order valence-electron chi connectivity index (χ2n) is 5.71. The smallest absolute Gasteiger partial charge is 0.314 e. The lowest BCUT2D eigenvalue weighted by Gasteiger charge is -2.26. The van der Waals surface area contributed by atoms with Crippen molar-refractivity contribution in [3.63, 3.8) is 0 Å². The number of benzene rings is 1. The standard InChI is InChI=1S/C15H17BrO3/c1-8-9-4-2-3-5-10(9)12(16)13(17)11(8)15(6-7-15)14(18)19/h17H,2-7H2,1H3,(H,18,19). The van der Waals surface area contributed by atoms with Crippen molar-refractivity contribution in [1.29, 1.82) is 0 Å². The summed E-state index contributed by atoms with van der Waals surface area (Å²) < 4.78 is 0.718. The minimum absolute atomic E-state index is 0.151. The molecule has 3 nitrogen and oxygen atoms in total. The summed E-state index contributed by atoms with van der Waals surface area (Å²) in [6.07, 6.45) is 5.48. The second-order valence-corrected chi connectivity index (χ2v) is 6.51. The topological polar surface area (TPSA) is 57.5 Å². The Morgan fingerprint density at radius 1 is 1.21 bits per heavy atom. The minimum atomic E-state index is -0.844. The third-order valence-electron chi connectivity index (χ3n) is 4.64. The van der Waals surface area contributed by atoms with Gasteiger partial charge in [0, 0.05) is 5.56 Å². The van der Waals surface area contributed by atoms with Gasteiger partial charge in [-0.15, -0.1) is 0 Å². The zero-order valence-corrected chi connectivity index (χ0v) is 12.5. The molecule has 2 aliphatic rings. The number of phenols is 1. The van der Waals surface area contributed by atoms with Gasteiger partial charge in [-0.05, 0) is 78.1 Å². The summed E-state index contributed by atoms with van der Waals surface area (Å²) in [5.41, 5.74) is 3.22. The highest BCUT2D eigenvalue weighted by Gasteiger charge is 2.54. The quantitative estimate of drug-likeness (QED) is 0.875. The van der Waals surface area contributed by atoms with E-state index in [0.29, 0.717) is 18.4 Å². The van der Waals surface area contributed by atoms with Crippen LogP contribution in [0, 0.1) is 6.92 Å². The number of hydrogen-bond acceptors (Lipinski definition) is 2. The molecule has 0 saturated heterocycles. The lowest BCUT2D eigenvalue weighted by atomic mass is 9.81. The van der Waals surface area contributed by atoms with Crippen LogP contribution in [0.15, 0.2) is 4.47 Å². The van der Waals surface area contributed by atoms with Crippen LogP contribution in [0.1, 0.15) is 47.9 Å². The van der Waals surface area contributed by atoms with Gasteiger partial charge >= 0.3 is 5.97 Å². The predicted molar refractivity (Wildman–Crippen MR) is 75.7 cm³/mol. The number of aliphatic carboxylic acids is 1. The van der Waals surface area contributed by atoms with Crippen LogP contribution in [0.2, 0.25) is 0 Å². The number of carboxylic acid groups (broad SMARTS) is 1. The van der Waals surface area contributed by atoms with Crippen LogP contribution in [-0.4, -0.2) is 16.2 Å². The fourth-order valence-electron chi connectivity index (χ4n) is 3.42. The fourth-order valence-corrected chi connectivity index (χ4v) is 4.06. The summed E-state index contributed by atoms with van der Waals surface area (Å²) >= 11 is 3.48. The van der Waals surface area contributed by atoms with Crippen molar-refractivity contribution < 1.29 is 15.0 Å². The lowest BCUT2D eigenvalue weighted by Crippen LogP contribution is -2.23. The SMILES string of the molecule is Cc1c2c(c(Br)c(O)c1C1(C(=O)O)CC1)CCCC2. The first kappa shape index (κ1) is 13.0. The Labute approximate surface area is 120 Å². The first-order valence-corrected chi connectivity index (χ1v) is 7.55. The van der Waals surface area contributed by atoms with Gasteiger partial charge in [-0.25, -0.2) is 0 Å². The third kappa shape index (κ3) is 1.72. The summed E-state index contributed by atoms with van der Waals surface area (Å²) in [7, 11) is 0. The van der Waals surface area contributed by atoms with E-state index in [1.165, 1.54) is 11.1 Å². The molecule has 0 heterocycles. The van der Waals surface area contributed by atoms with Crippen molar-refractivity contribution in [2.75, 3.05) is 0 Å². The van der Waals surface area contributed by atoms with Gasteiger partial charge in [-0.3, -0.25) is 4.79 Å². The Morgan fingerprint density at radius 3 is 2.32 bits per heavy atom. The number of fused-ring (bicyclic) bond motifs is 1. The normalized spacial score (nSPS) is 19.9. The van der Waals surface area contributed by atoms with Crippen LogP contribution < -0.4 is 0 Å². The molecule has 0 unspecified atom stereocenters. The first-order valence-electron chi connectivity index (χ1n) is 6.75. The van der Waals surface area contributed by atoms with E-state index in [1.54, 1.807) is 0 Å². The molecule has 1 aromatic carbocycles. The molecule has 1 saturated carbocycles. The highest BCUT2D eigenvalue weighted by molar-refractivity contribution is 9.10. The molecule has 2 N–H and O–H groups in total. The number of carboxylic acids is 1. The largest absolute Gasteiger partial charge is 0.506 e. The molecule has 0 bridgehead atoms. The van der Waals surface area contributed by atoms with E-state index in [9.17, 15) is 15.0 Å². The summed E-state index contributed by atoms with van der Waals surface area (Å²) in [4.78, 5) is 11.5. The molecule has 2 aliphatic carbocycles. The summed E-state index contributed by atoms with van der Waals surface area (Å²) in [6, 6.07) is 0.